The van der Waals surface area contributed by atoms with Crippen LogP contribution in [0.3, 0.4) is 0 Å². The third-order valence-electron chi connectivity index (χ3n) is 4.49. The SMILES string of the molecule is COCc1nc(CCCN2CCCCC2=O)n(-c2cccc(C)c2)n1. The summed E-state index contributed by atoms with van der Waals surface area (Å²) in [5, 5.41) is 4.59. The maximum Gasteiger partial charge on any atom is 0.222 e. The van der Waals surface area contributed by atoms with Gasteiger partial charge in [-0.2, -0.15) is 0 Å². The number of benzene rings is 1. The lowest BCUT2D eigenvalue weighted by Gasteiger charge is -2.26. The number of hydrogen-bond acceptors (Lipinski definition) is 4. The van der Waals surface area contributed by atoms with Gasteiger partial charge in [-0.15, -0.1) is 5.10 Å². The molecular formula is C19H26N4O2. The number of ether oxygens (including phenoxy) is 1. The minimum Gasteiger partial charge on any atom is -0.377 e. The van der Waals surface area contributed by atoms with Crippen molar-refractivity contribution in [1.82, 2.24) is 19.7 Å². The highest BCUT2D eigenvalue weighted by Gasteiger charge is 2.18. The zero-order valence-electron chi connectivity index (χ0n) is 15.1. The molecule has 1 aliphatic heterocycles. The predicted molar refractivity (Wildman–Crippen MR) is 95.6 cm³/mol. The fourth-order valence-electron chi connectivity index (χ4n) is 3.24. The number of rotatable bonds is 7. The monoisotopic (exact) mass is 342 g/mol. The van der Waals surface area contributed by atoms with Crippen molar-refractivity contribution in [2.45, 2.75) is 45.6 Å². The highest BCUT2D eigenvalue weighted by atomic mass is 16.5. The molecule has 0 N–H and O–H groups in total. The Bertz CT molecular complexity index is 726. The van der Waals surface area contributed by atoms with Gasteiger partial charge < -0.3 is 9.64 Å². The van der Waals surface area contributed by atoms with Crippen LogP contribution in [0.5, 0.6) is 0 Å². The highest BCUT2D eigenvalue weighted by molar-refractivity contribution is 5.76. The molecule has 2 heterocycles. The third-order valence-corrected chi connectivity index (χ3v) is 4.49. The second kappa shape index (κ2) is 8.25. The molecule has 6 heteroatoms. The summed E-state index contributed by atoms with van der Waals surface area (Å²) in [4.78, 5) is 18.5. The lowest BCUT2D eigenvalue weighted by Crippen LogP contribution is -2.36. The number of amides is 1. The van der Waals surface area contributed by atoms with Crippen molar-refractivity contribution in [3.8, 4) is 5.69 Å². The van der Waals surface area contributed by atoms with Crippen LogP contribution in [-0.4, -0.2) is 45.8 Å². The number of nitrogens with zero attached hydrogens (tertiary/aromatic N) is 4. The van der Waals surface area contributed by atoms with E-state index in [4.69, 9.17) is 4.74 Å². The summed E-state index contributed by atoms with van der Waals surface area (Å²) >= 11 is 0. The van der Waals surface area contributed by atoms with E-state index in [-0.39, 0.29) is 5.91 Å². The third kappa shape index (κ3) is 4.45. The summed E-state index contributed by atoms with van der Waals surface area (Å²) < 4.78 is 7.08. The van der Waals surface area contributed by atoms with Gasteiger partial charge in [0, 0.05) is 33.0 Å². The number of carbonyl (C=O) groups is 1. The topological polar surface area (TPSA) is 60.2 Å². The van der Waals surface area contributed by atoms with Crippen LogP contribution in [0, 0.1) is 6.92 Å². The summed E-state index contributed by atoms with van der Waals surface area (Å²) in [7, 11) is 1.65. The van der Waals surface area contributed by atoms with E-state index in [1.54, 1.807) is 7.11 Å². The predicted octanol–water partition coefficient (Wildman–Crippen LogP) is 2.67. The van der Waals surface area contributed by atoms with Gasteiger partial charge in [-0.1, -0.05) is 12.1 Å². The Labute approximate surface area is 148 Å². The minimum absolute atomic E-state index is 0.284. The van der Waals surface area contributed by atoms with E-state index in [1.165, 1.54) is 5.56 Å². The van der Waals surface area contributed by atoms with Gasteiger partial charge in [0.1, 0.15) is 12.4 Å². The molecule has 134 valence electrons. The number of aromatic nitrogens is 3. The smallest absolute Gasteiger partial charge is 0.222 e. The molecular weight excluding hydrogens is 316 g/mol. The maximum absolute atomic E-state index is 11.9. The van der Waals surface area contributed by atoms with Crippen molar-refractivity contribution in [3.05, 3.63) is 41.5 Å². The second-order valence-electron chi connectivity index (χ2n) is 6.57. The summed E-state index contributed by atoms with van der Waals surface area (Å²) in [5.74, 6) is 1.89. The zero-order chi connectivity index (χ0) is 17.6. The molecule has 1 saturated heterocycles. The molecule has 0 unspecified atom stereocenters. The molecule has 0 spiro atoms. The van der Waals surface area contributed by atoms with E-state index >= 15 is 0 Å². The molecule has 0 aliphatic carbocycles. The molecule has 0 bridgehead atoms. The largest absolute Gasteiger partial charge is 0.377 e. The molecule has 3 rings (SSSR count). The van der Waals surface area contributed by atoms with Gasteiger partial charge in [-0.25, -0.2) is 9.67 Å². The van der Waals surface area contributed by atoms with Crippen molar-refractivity contribution in [3.63, 3.8) is 0 Å². The first kappa shape index (κ1) is 17.6. The molecule has 1 aromatic carbocycles. The Hall–Kier alpha value is -2.21. The lowest BCUT2D eigenvalue weighted by atomic mass is 10.1. The van der Waals surface area contributed by atoms with E-state index in [9.17, 15) is 4.79 Å². The van der Waals surface area contributed by atoms with Gasteiger partial charge in [0.05, 0.1) is 5.69 Å². The first-order valence-corrected chi connectivity index (χ1v) is 8.96. The van der Waals surface area contributed by atoms with E-state index in [0.29, 0.717) is 18.9 Å². The van der Waals surface area contributed by atoms with E-state index in [2.05, 4.69) is 29.1 Å². The van der Waals surface area contributed by atoms with Crippen LogP contribution >= 0.6 is 0 Å². The van der Waals surface area contributed by atoms with Gasteiger partial charge in [0.2, 0.25) is 5.91 Å². The molecule has 1 aliphatic rings. The van der Waals surface area contributed by atoms with Crippen LogP contribution in [0.4, 0.5) is 0 Å². The Morgan fingerprint density at radius 2 is 2.16 bits per heavy atom. The van der Waals surface area contributed by atoms with Crippen LogP contribution in [0.1, 0.15) is 42.9 Å². The fraction of sp³-hybridized carbons (Fsp3) is 0.526. The summed E-state index contributed by atoms with van der Waals surface area (Å²) in [6.07, 6.45) is 4.51. The number of aryl methyl sites for hydroxylation is 2. The van der Waals surface area contributed by atoms with Crippen LogP contribution in [0.25, 0.3) is 5.69 Å². The Kier molecular flexibility index (Phi) is 5.81. The van der Waals surface area contributed by atoms with E-state index < -0.39 is 0 Å². The normalized spacial score (nSPS) is 15.0. The van der Waals surface area contributed by atoms with E-state index in [1.807, 2.05) is 21.7 Å². The quantitative estimate of drug-likeness (QED) is 0.776. The average Bonchev–Trinajstić information content (AvgIpc) is 3.00. The number of piperidine rings is 1. The van der Waals surface area contributed by atoms with Gasteiger partial charge in [-0.3, -0.25) is 4.79 Å². The minimum atomic E-state index is 0.284. The molecule has 1 amide bonds. The number of likely N-dealkylation sites (tertiary alicyclic amines) is 1. The Balaban J connectivity index is 1.72. The van der Waals surface area contributed by atoms with Crippen molar-refractivity contribution in [2.24, 2.45) is 0 Å². The molecule has 0 atom stereocenters. The number of carbonyl (C=O) groups excluding carboxylic acids is 1. The molecule has 1 aromatic heterocycles. The summed E-state index contributed by atoms with van der Waals surface area (Å²) in [5.41, 5.74) is 2.20. The Morgan fingerprint density at radius 3 is 2.92 bits per heavy atom. The van der Waals surface area contributed by atoms with Crippen molar-refractivity contribution in [1.29, 1.82) is 0 Å². The van der Waals surface area contributed by atoms with Gasteiger partial charge in [0.15, 0.2) is 5.82 Å². The summed E-state index contributed by atoms with van der Waals surface area (Å²) in [6, 6.07) is 8.23. The van der Waals surface area contributed by atoms with Crippen LogP contribution < -0.4 is 0 Å². The number of hydrogen-bond donors (Lipinski definition) is 0. The first-order chi connectivity index (χ1) is 12.2. The fourth-order valence-corrected chi connectivity index (χ4v) is 3.24. The molecule has 1 fully saturated rings. The first-order valence-electron chi connectivity index (χ1n) is 8.96. The van der Waals surface area contributed by atoms with Crippen LogP contribution in [-0.2, 0) is 22.6 Å². The highest BCUT2D eigenvalue weighted by Crippen LogP contribution is 2.15. The molecule has 25 heavy (non-hydrogen) atoms. The van der Waals surface area contributed by atoms with Crippen LogP contribution in [0.2, 0.25) is 0 Å². The number of methoxy groups -OCH3 is 1. The average molecular weight is 342 g/mol. The Morgan fingerprint density at radius 1 is 1.28 bits per heavy atom. The van der Waals surface area contributed by atoms with E-state index in [0.717, 1.165) is 50.3 Å². The molecule has 2 aromatic rings. The van der Waals surface area contributed by atoms with Gasteiger partial charge in [-0.05, 0) is 43.9 Å². The zero-order valence-corrected chi connectivity index (χ0v) is 15.1. The van der Waals surface area contributed by atoms with Crippen molar-refractivity contribution < 1.29 is 9.53 Å². The molecule has 0 radical (unpaired) electrons. The molecule has 6 nitrogen and oxygen atoms in total. The van der Waals surface area contributed by atoms with Gasteiger partial charge in [0.25, 0.3) is 0 Å². The summed E-state index contributed by atoms with van der Waals surface area (Å²) in [6.45, 7) is 4.14. The second-order valence-corrected chi connectivity index (χ2v) is 6.57. The maximum atomic E-state index is 11.9. The van der Waals surface area contributed by atoms with Gasteiger partial charge >= 0.3 is 0 Å². The molecule has 0 saturated carbocycles. The van der Waals surface area contributed by atoms with Crippen molar-refractivity contribution in [2.75, 3.05) is 20.2 Å². The standard InChI is InChI=1S/C19H26N4O2/c1-15-7-5-8-16(13-15)23-18(20-17(21-23)14-25-2)9-6-12-22-11-4-3-10-19(22)24/h5,7-8,13H,3-4,6,9-12,14H2,1-2H3. The van der Waals surface area contributed by atoms with Crippen LogP contribution in [0.15, 0.2) is 24.3 Å². The van der Waals surface area contributed by atoms with Crippen molar-refractivity contribution >= 4 is 5.91 Å². The lowest BCUT2D eigenvalue weighted by molar-refractivity contribution is -0.133.